The molecule has 0 unspecified atom stereocenters. The number of hydrogen-bond acceptors (Lipinski definition) is 20. The quantitative estimate of drug-likeness (QED) is 0.0529. The summed E-state index contributed by atoms with van der Waals surface area (Å²) in [5.74, 6) is -1.24. The number of Topliss-reactive ketones (excluding diaryl/α,β-unsaturated/α-hetero) is 4. The van der Waals surface area contributed by atoms with E-state index in [2.05, 4.69) is 102 Å². The molecule has 580 valence electrons. The maximum Gasteiger partial charge on any atom is 0.387 e. The van der Waals surface area contributed by atoms with E-state index in [0.717, 1.165) is 26.7 Å². The number of aromatic nitrogens is 15. The van der Waals surface area contributed by atoms with Crippen LogP contribution >= 0.6 is 31.9 Å². The summed E-state index contributed by atoms with van der Waals surface area (Å²) in [6, 6.07) is 27.4. The van der Waals surface area contributed by atoms with Crippen LogP contribution in [0.15, 0.2) is 143 Å². The number of carbonyl (C=O) groups excluding carboxylic acids is 4. The molecule has 0 radical (unpaired) electrons. The molecule has 26 nitrogen and oxygen atoms in total. The van der Waals surface area contributed by atoms with E-state index < -0.39 is 41.1 Å². The van der Waals surface area contributed by atoms with Crippen molar-refractivity contribution in [1.82, 2.24) is 74.2 Å². The molecule has 3 aromatic carbocycles. The van der Waals surface area contributed by atoms with E-state index in [0.29, 0.717) is 93.7 Å². The number of alkyl halides is 6. The Kier molecular flexibility index (Phi) is 25.5. The van der Waals surface area contributed by atoms with Crippen LogP contribution < -0.4 is 14.2 Å². The lowest BCUT2D eigenvalue weighted by atomic mass is 9.86. The molecule has 1 saturated heterocycles. The molecule has 14 rings (SSSR count). The van der Waals surface area contributed by atoms with Gasteiger partial charge < -0.3 is 19.3 Å². The number of H-pyrrole nitrogens is 1. The minimum atomic E-state index is -3.05. The Labute approximate surface area is 647 Å². The number of aromatic amines is 1. The van der Waals surface area contributed by atoms with Crippen LogP contribution in [-0.4, -0.2) is 148 Å². The van der Waals surface area contributed by atoms with Crippen LogP contribution in [0.1, 0.15) is 165 Å². The van der Waals surface area contributed by atoms with Crippen molar-refractivity contribution in [3.63, 3.8) is 0 Å². The first-order valence-corrected chi connectivity index (χ1v) is 37.6. The van der Waals surface area contributed by atoms with Crippen molar-refractivity contribution in [3.05, 3.63) is 171 Å². The van der Waals surface area contributed by atoms with E-state index in [9.17, 15) is 58.7 Å². The van der Waals surface area contributed by atoms with Crippen molar-refractivity contribution in [2.24, 2.45) is 5.41 Å². The first-order chi connectivity index (χ1) is 52.4. The van der Waals surface area contributed by atoms with Gasteiger partial charge in [-0.3, -0.25) is 67.9 Å². The summed E-state index contributed by atoms with van der Waals surface area (Å²) in [6.07, 6.45) is 7.46. The van der Waals surface area contributed by atoms with Gasteiger partial charge in [0.2, 0.25) is 0 Å². The fourth-order valence-corrected chi connectivity index (χ4v) is 15.1. The van der Waals surface area contributed by atoms with E-state index in [4.69, 9.17) is 5.11 Å². The predicted molar refractivity (Wildman–Crippen MR) is 410 cm³/mol. The second kappa shape index (κ2) is 34.4. The van der Waals surface area contributed by atoms with E-state index in [1.54, 1.807) is 88.0 Å². The zero-order valence-corrected chi connectivity index (χ0v) is 65.6. The second-order valence-electron chi connectivity index (χ2n) is 27.1. The number of nitrogens with zero attached hydrogens (tertiary/aromatic N) is 14. The van der Waals surface area contributed by atoms with Gasteiger partial charge in [0.1, 0.15) is 72.0 Å². The van der Waals surface area contributed by atoms with E-state index in [1.807, 2.05) is 66.1 Å². The van der Waals surface area contributed by atoms with Crippen LogP contribution in [0.5, 0.6) is 17.2 Å². The summed E-state index contributed by atoms with van der Waals surface area (Å²) in [7, 11) is -3.05. The number of aromatic carboxylic acids is 1. The van der Waals surface area contributed by atoms with Crippen LogP contribution in [0, 0.1) is 5.41 Å². The van der Waals surface area contributed by atoms with Gasteiger partial charge >= 0.3 is 25.8 Å². The number of rotatable bonds is 20. The molecule has 0 saturated carbocycles. The molecule has 2 N–H and O–H groups in total. The van der Waals surface area contributed by atoms with Gasteiger partial charge in [0.05, 0.1) is 39.1 Å². The van der Waals surface area contributed by atoms with Crippen molar-refractivity contribution in [2.75, 3.05) is 11.5 Å². The molecule has 0 aliphatic carbocycles. The molecule has 0 atom stereocenters. The lowest BCUT2D eigenvalue weighted by Crippen LogP contribution is -2.47. The molecular weight excluding hydrogens is 1600 g/mol. The summed E-state index contributed by atoms with van der Waals surface area (Å²) < 4.78 is 120. The van der Waals surface area contributed by atoms with Gasteiger partial charge in [-0.25, -0.2) is 13.2 Å². The highest BCUT2D eigenvalue weighted by atomic mass is 79.9. The summed E-state index contributed by atoms with van der Waals surface area (Å²) in [6.45, 7) is 13.2. The summed E-state index contributed by atoms with van der Waals surface area (Å²) in [4.78, 5) is 79.4. The number of halogens is 8. The molecular formula is C76H73Br2F6N15O11S. The Morgan fingerprint density at radius 1 is 0.477 bits per heavy atom. The highest BCUT2D eigenvalue weighted by molar-refractivity contribution is 9.10. The lowest BCUT2D eigenvalue weighted by molar-refractivity contribution is -0.0505. The molecule has 1 aliphatic heterocycles. The SMILES string of the molecule is CC(=O)c1cnc2c(-c3cccc(OC(F)F)c3)nn(C(C)C)c2c1.CC(=O)c1cnc2c(Br)[nH]nc2c1.CC(=O)c1cnc2c(Br)nn(C(C)C)c2c1.CC(C)n1nc(-c2cccc(OC(F)F)c2)c2ncc(C(=O)CC3(C)CS(=O)(=O)C3)cc21.CC(C)n1nc(-c2cccc(OC(F)F)c2)c2ncc(C(=O)O)cc21. The zero-order chi connectivity index (χ0) is 80.8. The normalized spacial score (nSPS) is 12.9. The third kappa shape index (κ3) is 19.5. The van der Waals surface area contributed by atoms with Crippen LogP contribution in [0.25, 0.3) is 88.9 Å². The number of carboxylic acid groups (broad SMARTS) is 1. The number of sulfone groups is 1. The fourth-order valence-electron chi connectivity index (χ4n) is 12.0. The van der Waals surface area contributed by atoms with Crippen LogP contribution in [0.2, 0.25) is 0 Å². The average molecular weight is 1680 g/mol. The molecule has 0 bridgehead atoms. The third-order valence-electron chi connectivity index (χ3n) is 17.0. The highest BCUT2D eigenvalue weighted by Crippen LogP contribution is 2.39. The maximum absolute atomic E-state index is 12.9. The zero-order valence-electron chi connectivity index (χ0n) is 61.6. The Morgan fingerprint density at radius 3 is 1.16 bits per heavy atom. The number of carboxylic acids is 1. The van der Waals surface area contributed by atoms with Crippen molar-refractivity contribution < 1.29 is 78.1 Å². The van der Waals surface area contributed by atoms with Gasteiger partial charge in [-0.15, -0.1) is 0 Å². The number of nitrogens with one attached hydrogen (secondary N) is 1. The van der Waals surface area contributed by atoms with Gasteiger partial charge in [-0.1, -0.05) is 43.3 Å². The van der Waals surface area contributed by atoms with Gasteiger partial charge in [0.15, 0.2) is 37.6 Å². The van der Waals surface area contributed by atoms with Crippen LogP contribution in [0.3, 0.4) is 0 Å². The van der Waals surface area contributed by atoms with Gasteiger partial charge in [0, 0.05) is 106 Å². The minimum absolute atomic E-state index is 0.00600. The molecule has 1 aliphatic rings. The molecule has 0 amide bonds. The van der Waals surface area contributed by atoms with Crippen LogP contribution in [-0.2, 0) is 9.84 Å². The predicted octanol–water partition coefficient (Wildman–Crippen LogP) is 17.7. The average Bonchev–Trinajstić information content (AvgIpc) is 1.74. The first-order valence-electron chi connectivity index (χ1n) is 34.2. The van der Waals surface area contributed by atoms with E-state index >= 15 is 0 Å². The van der Waals surface area contributed by atoms with Crippen LogP contribution in [0.4, 0.5) is 26.3 Å². The largest absolute Gasteiger partial charge is 0.478 e. The standard InChI is InChI=1S/C22H23F2N3O4S.C18H17F2N3O2.C17H15F2N3O3.C11H12BrN3O.C8H6BrN3O/c1-13(2)27-17-8-15(18(28)9-22(3)11-32(29,30)12-22)10-25-20(17)19(26-27)14-5-4-6-16(7-14)31-21(23)24;1-10(2)23-15-8-13(11(3)24)9-21-17(15)16(22-23)12-5-4-6-14(7-12)25-18(19)20;1-9(2)22-13-7-11(16(23)24)8-20-15(13)14(21-22)10-4-3-5-12(6-10)25-17(18)19;1-6(2)15-9-4-8(7(3)16)5-13-10(9)11(12)14-15;1-4(13)5-2-6-7(10-3-5)8(9)12-11-6/h4-8,10,13,21H,9,11-12H2,1-3H3;4-10,18H,1-3H3;3-9,17H,1-2H3,(H,23,24);4-6H,1-3H3;2-3H,1H3,(H,11,12). The Morgan fingerprint density at radius 2 is 0.802 bits per heavy atom. The highest BCUT2D eigenvalue weighted by Gasteiger charge is 2.46. The third-order valence-corrected chi connectivity index (χ3v) is 20.3. The monoisotopic (exact) mass is 1680 g/mol. The van der Waals surface area contributed by atoms with Gasteiger partial charge in [-0.05, 0) is 175 Å². The summed E-state index contributed by atoms with van der Waals surface area (Å²) in [5.41, 5.74) is 11.5. The van der Waals surface area contributed by atoms with E-state index in [1.165, 1.54) is 81.8 Å². The summed E-state index contributed by atoms with van der Waals surface area (Å²) >= 11 is 6.63. The van der Waals surface area contributed by atoms with Crippen molar-refractivity contribution in [1.29, 1.82) is 0 Å². The molecule has 0 spiro atoms. The number of pyridine rings is 5. The molecule has 111 heavy (non-hydrogen) atoms. The van der Waals surface area contributed by atoms with Gasteiger partial charge in [-0.2, -0.15) is 51.8 Å². The number of hydrogen-bond donors (Lipinski definition) is 2. The molecule has 35 heteroatoms. The Balaban J connectivity index is 0.000000152. The van der Waals surface area contributed by atoms with E-state index in [-0.39, 0.29) is 88.0 Å². The molecule has 1 fully saturated rings. The number of fused-ring (bicyclic) bond motifs is 5. The fraction of sp³-hybridized carbons (Fsp3) is 0.303. The Bertz CT molecular complexity index is 5640. The second-order valence-corrected chi connectivity index (χ2v) is 30.7. The van der Waals surface area contributed by atoms with Crippen molar-refractivity contribution >= 4 is 126 Å². The number of benzene rings is 3. The van der Waals surface area contributed by atoms with Crippen molar-refractivity contribution in [3.8, 4) is 51.0 Å². The Hall–Kier alpha value is -11.2. The molecule has 10 aromatic heterocycles. The molecule has 11 heterocycles. The maximum atomic E-state index is 12.9. The molecule has 13 aromatic rings. The number of carbonyl (C=O) groups is 5. The van der Waals surface area contributed by atoms with Gasteiger partial charge in [0.25, 0.3) is 0 Å². The minimum Gasteiger partial charge on any atom is -0.478 e. The smallest absolute Gasteiger partial charge is 0.387 e. The van der Waals surface area contributed by atoms with Crippen molar-refractivity contribution in [2.45, 2.75) is 134 Å². The lowest BCUT2D eigenvalue weighted by Gasteiger charge is -2.37. The first kappa shape index (κ1) is 82.3. The summed E-state index contributed by atoms with van der Waals surface area (Å²) in [5, 5.41) is 33.9. The topological polar surface area (TPSA) is 332 Å². The number of ether oxygens (including phenoxy) is 3. The number of ketones is 4.